The van der Waals surface area contributed by atoms with Crippen LogP contribution < -0.4 is 19.5 Å². The molecule has 0 aromatic heterocycles. The average molecular weight is 412 g/mol. The molecule has 1 aliphatic rings. The van der Waals surface area contributed by atoms with Crippen molar-refractivity contribution < 1.29 is 14.2 Å². The number of aryl methyl sites for hydroxylation is 1. The first-order valence-corrected chi connectivity index (χ1v) is 10.6. The molecule has 156 valence electrons. The summed E-state index contributed by atoms with van der Waals surface area (Å²) >= 11 is 0. The van der Waals surface area contributed by atoms with Crippen LogP contribution in [-0.2, 0) is 13.2 Å². The van der Waals surface area contributed by atoms with Crippen LogP contribution in [0.1, 0.15) is 16.7 Å². The van der Waals surface area contributed by atoms with Crippen molar-refractivity contribution in [1.82, 2.24) is 0 Å². The minimum absolute atomic E-state index is 0.544. The van der Waals surface area contributed by atoms with Crippen LogP contribution in [0.3, 0.4) is 0 Å². The van der Waals surface area contributed by atoms with Crippen LogP contribution in [0.5, 0.6) is 17.2 Å². The van der Waals surface area contributed by atoms with E-state index < -0.39 is 0 Å². The van der Waals surface area contributed by atoms with Crippen LogP contribution in [-0.4, -0.2) is 13.2 Å². The molecule has 5 rings (SSSR count). The normalized spacial score (nSPS) is 12.5. The number of nitrogens with one attached hydrogen (secondary N) is 1. The van der Waals surface area contributed by atoms with E-state index in [-0.39, 0.29) is 0 Å². The Morgan fingerprint density at radius 3 is 2.55 bits per heavy atom. The number of anilines is 1. The lowest BCUT2D eigenvalue weighted by atomic mass is 10.0. The minimum Gasteiger partial charge on any atom is -0.489 e. The molecule has 0 saturated heterocycles. The van der Waals surface area contributed by atoms with E-state index in [1.54, 1.807) is 0 Å². The van der Waals surface area contributed by atoms with E-state index in [9.17, 15) is 0 Å². The lowest BCUT2D eigenvalue weighted by molar-refractivity contribution is 0.171. The number of benzene rings is 4. The van der Waals surface area contributed by atoms with Gasteiger partial charge in [-0.05, 0) is 47.0 Å². The quantitative estimate of drug-likeness (QED) is 0.415. The van der Waals surface area contributed by atoms with Gasteiger partial charge in [-0.2, -0.15) is 0 Å². The van der Waals surface area contributed by atoms with Gasteiger partial charge in [0.15, 0.2) is 11.5 Å². The predicted molar refractivity (Wildman–Crippen MR) is 124 cm³/mol. The molecule has 1 aliphatic heterocycles. The fourth-order valence-electron chi connectivity index (χ4n) is 3.90. The van der Waals surface area contributed by atoms with Gasteiger partial charge in [-0.1, -0.05) is 54.6 Å². The molecule has 0 atom stereocenters. The van der Waals surface area contributed by atoms with Gasteiger partial charge in [0, 0.05) is 23.9 Å². The maximum Gasteiger partial charge on any atom is 0.163 e. The summed E-state index contributed by atoms with van der Waals surface area (Å²) in [6.07, 6.45) is 0. The maximum absolute atomic E-state index is 6.31. The zero-order valence-corrected chi connectivity index (χ0v) is 17.6. The van der Waals surface area contributed by atoms with Crippen LogP contribution in [0.25, 0.3) is 10.8 Å². The number of ether oxygens (including phenoxy) is 3. The van der Waals surface area contributed by atoms with Crippen molar-refractivity contribution >= 4 is 16.5 Å². The molecule has 0 bridgehead atoms. The molecule has 4 aromatic carbocycles. The molecule has 4 heteroatoms. The van der Waals surface area contributed by atoms with Crippen LogP contribution >= 0.6 is 0 Å². The van der Waals surface area contributed by atoms with Crippen molar-refractivity contribution in [3.8, 4) is 17.2 Å². The fraction of sp³-hybridized carbons (Fsp3) is 0.185. The Kier molecular flexibility index (Phi) is 5.36. The van der Waals surface area contributed by atoms with E-state index in [1.165, 1.54) is 21.9 Å². The Balaban J connectivity index is 1.42. The third-order valence-electron chi connectivity index (χ3n) is 5.65. The summed E-state index contributed by atoms with van der Waals surface area (Å²) in [5.41, 5.74) is 4.56. The predicted octanol–water partition coefficient (Wildman–Crippen LogP) is 6.11. The summed E-state index contributed by atoms with van der Waals surface area (Å²) in [5.74, 6) is 2.47. The molecule has 0 aliphatic carbocycles. The number of fused-ring (bicyclic) bond motifs is 2. The second-order valence-corrected chi connectivity index (χ2v) is 7.69. The first kappa shape index (κ1) is 19.3. The monoisotopic (exact) mass is 411 g/mol. The topological polar surface area (TPSA) is 39.7 Å². The summed E-state index contributed by atoms with van der Waals surface area (Å²) < 4.78 is 17.7. The van der Waals surface area contributed by atoms with Gasteiger partial charge >= 0.3 is 0 Å². The summed E-state index contributed by atoms with van der Waals surface area (Å²) in [5, 5.41) is 5.93. The molecular formula is C27H25NO3. The molecule has 1 heterocycles. The third kappa shape index (κ3) is 4.15. The maximum atomic E-state index is 6.31. The van der Waals surface area contributed by atoms with E-state index in [2.05, 4.69) is 72.9 Å². The van der Waals surface area contributed by atoms with Crippen molar-refractivity contribution in [2.75, 3.05) is 18.5 Å². The summed E-state index contributed by atoms with van der Waals surface area (Å²) in [6.45, 7) is 4.48. The first-order valence-electron chi connectivity index (χ1n) is 10.6. The summed E-state index contributed by atoms with van der Waals surface area (Å²) in [4.78, 5) is 0. The summed E-state index contributed by atoms with van der Waals surface area (Å²) in [6, 6.07) is 26.9. The van der Waals surface area contributed by atoms with Crippen molar-refractivity contribution in [1.29, 1.82) is 0 Å². The van der Waals surface area contributed by atoms with E-state index in [0.29, 0.717) is 26.4 Å². The van der Waals surface area contributed by atoms with Gasteiger partial charge in [0.1, 0.15) is 25.6 Å². The Labute approximate surface area is 182 Å². The third-order valence-corrected chi connectivity index (χ3v) is 5.65. The highest BCUT2D eigenvalue weighted by atomic mass is 16.6. The second kappa shape index (κ2) is 8.60. The smallest absolute Gasteiger partial charge is 0.163 e. The molecule has 0 spiro atoms. The largest absolute Gasteiger partial charge is 0.489 e. The second-order valence-electron chi connectivity index (χ2n) is 7.69. The number of hydrogen-bond acceptors (Lipinski definition) is 4. The van der Waals surface area contributed by atoms with Crippen LogP contribution in [0.4, 0.5) is 5.69 Å². The first-order chi connectivity index (χ1) is 15.3. The van der Waals surface area contributed by atoms with Gasteiger partial charge in [-0.25, -0.2) is 0 Å². The molecule has 4 aromatic rings. The molecule has 0 amide bonds. The van der Waals surface area contributed by atoms with Gasteiger partial charge in [0.2, 0.25) is 0 Å². The lowest BCUT2D eigenvalue weighted by Crippen LogP contribution is -2.15. The Hall–Kier alpha value is -3.66. The van der Waals surface area contributed by atoms with E-state index in [0.717, 1.165) is 28.5 Å². The van der Waals surface area contributed by atoms with Crippen molar-refractivity contribution in [2.45, 2.75) is 20.1 Å². The number of hydrogen-bond donors (Lipinski definition) is 1. The molecular weight excluding hydrogens is 386 g/mol. The van der Waals surface area contributed by atoms with Crippen molar-refractivity contribution in [3.63, 3.8) is 0 Å². The molecule has 1 N–H and O–H groups in total. The molecule has 0 radical (unpaired) electrons. The SMILES string of the molecule is Cc1ccccc1COc1ccc2ccccc2c1CNc1ccc2c(c1)OCCO2. The van der Waals surface area contributed by atoms with Crippen LogP contribution in [0, 0.1) is 6.92 Å². The Morgan fingerprint density at radius 1 is 0.839 bits per heavy atom. The highest BCUT2D eigenvalue weighted by Crippen LogP contribution is 2.34. The summed E-state index contributed by atoms with van der Waals surface area (Å²) in [7, 11) is 0. The van der Waals surface area contributed by atoms with Crippen LogP contribution in [0.2, 0.25) is 0 Å². The van der Waals surface area contributed by atoms with Gasteiger partial charge in [-0.3, -0.25) is 0 Å². The van der Waals surface area contributed by atoms with Crippen LogP contribution in [0.15, 0.2) is 78.9 Å². The van der Waals surface area contributed by atoms with E-state index >= 15 is 0 Å². The highest BCUT2D eigenvalue weighted by molar-refractivity contribution is 5.88. The molecule has 0 fully saturated rings. The van der Waals surface area contributed by atoms with Gasteiger partial charge in [-0.15, -0.1) is 0 Å². The fourth-order valence-corrected chi connectivity index (χ4v) is 3.90. The van der Waals surface area contributed by atoms with Gasteiger partial charge in [0.05, 0.1) is 0 Å². The van der Waals surface area contributed by atoms with Gasteiger partial charge < -0.3 is 19.5 Å². The molecule has 0 unspecified atom stereocenters. The highest BCUT2D eigenvalue weighted by Gasteiger charge is 2.13. The standard InChI is InChI=1S/C27H25NO3/c1-19-6-2-3-8-21(19)18-31-25-12-10-20-7-4-5-9-23(20)24(25)17-28-22-11-13-26-27(16-22)30-15-14-29-26/h2-13,16,28H,14-15,17-18H2,1H3. The molecule has 31 heavy (non-hydrogen) atoms. The molecule has 4 nitrogen and oxygen atoms in total. The number of rotatable bonds is 6. The van der Waals surface area contributed by atoms with E-state index in [4.69, 9.17) is 14.2 Å². The zero-order valence-electron chi connectivity index (χ0n) is 17.6. The van der Waals surface area contributed by atoms with Gasteiger partial charge in [0.25, 0.3) is 0 Å². The zero-order chi connectivity index (χ0) is 21.0. The Morgan fingerprint density at radius 2 is 1.65 bits per heavy atom. The van der Waals surface area contributed by atoms with Crippen molar-refractivity contribution in [2.24, 2.45) is 0 Å². The van der Waals surface area contributed by atoms with E-state index in [1.807, 2.05) is 18.2 Å². The lowest BCUT2D eigenvalue weighted by Gasteiger charge is -2.20. The minimum atomic E-state index is 0.544. The average Bonchev–Trinajstić information content (AvgIpc) is 2.82. The molecule has 0 saturated carbocycles. The van der Waals surface area contributed by atoms with Crippen molar-refractivity contribution in [3.05, 3.63) is 95.6 Å². The Bertz CT molecular complexity index is 1220.